The van der Waals surface area contributed by atoms with Gasteiger partial charge in [0.25, 0.3) is 0 Å². The van der Waals surface area contributed by atoms with E-state index in [-0.39, 0.29) is 11.8 Å². The van der Waals surface area contributed by atoms with E-state index in [2.05, 4.69) is 43.0 Å². The molecule has 2 fully saturated rings. The lowest BCUT2D eigenvalue weighted by Gasteiger charge is -2.46. The molecule has 0 aliphatic carbocycles. The van der Waals surface area contributed by atoms with Crippen molar-refractivity contribution < 1.29 is 9.53 Å². The summed E-state index contributed by atoms with van der Waals surface area (Å²) in [4.78, 5) is 23.6. The summed E-state index contributed by atoms with van der Waals surface area (Å²) in [5, 5.41) is 5.07. The standard InChI is InChI=1S/C21H23N5O2/c1-13-22-8-19(25(13)2)14-3-4-15-7-23-20(6-16(15)5-14)24-21(27)17-9-26(10-17)18-11-28-12-18/h3-8,17-18H,9-12H2,1-2H3,(H,23,24,27). The lowest BCUT2D eigenvalue weighted by molar-refractivity contribution is -0.135. The van der Waals surface area contributed by atoms with Crippen LogP contribution >= 0.6 is 0 Å². The van der Waals surface area contributed by atoms with Crippen LogP contribution in [-0.2, 0) is 16.6 Å². The van der Waals surface area contributed by atoms with Crippen molar-refractivity contribution >= 4 is 22.5 Å². The fourth-order valence-corrected chi connectivity index (χ4v) is 3.78. The third-order valence-corrected chi connectivity index (χ3v) is 5.91. The van der Waals surface area contributed by atoms with Gasteiger partial charge in [0.05, 0.1) is 37.1 Å². The molecule has 4 heterocycles. The molecule has 0 radical (unpaired) electrons. The van der Waals surface area contributed by atoms with Gasteiger partial charge in [0.15, 0.2) is 0 Å². The number of ether oxygens (including phenoxy) is 1. The molecule has 0 spiro atoms. The van der Waals surface area contributed by atoms with Crippen LogP contribution in [0.25, 0.3) is 22.0 Å². The van der Waals surface area contributed by atoms with E-state index in [4.69, 9.17) is 4.74 Å². The van der Waals surface area contributed by atoms with Crippen LogP contribution in [0.3, 0.4) is 0 Å². The largest absolute Gasteiger partial charge is 0.378 e. The van der Waals surface area contributed by atoms with Crippen molar-refractivity contribution in [3.8, 4) is 11.3 Å². The third-order valence-electron chi connectivity index (χ3n) is 5.91. The van der Waals surface area contributed by atoms with Gasteiger partial charge in [0.1, 0.15) is 11.6 Å². The monoisotopic (exact) mass is 377 g/mol. The van der Waals surface area contributed by atoms with Crippen LogP contribution in [0.1, 0.15) is 5.82 Å². The van der Waals surface area contributed by atoms with Gasteiger partial charge < -0.3 is 14.6 Å². The first-order valence-corrected chi connectivity index (χ1v) is 9.59. The minimum atomic E-state index is 0.0295. The lowest BCUT2D eigenvalue weighted by Crippen LogP contribution is -2.61. The highest BCUT2D eigenvalue weighted by Crippen LogP contribution is 2.27. The van der Waals surface area contributed by atoms with Crippen LogP contribution in [0.15, 0.2) is 36.7 Å². The predicted molar refractivity (Wildman–Crippen MR) is 107 cm³/mol. The lowest BCUT2D eigenvalue weighted by atomic mass is 9.96. The number of rotatable bonds is 4. The molecule has 7 heteroatoms. The van der Waals surface area contributed by atoms with E-state index < -0.39 is 0 Å². The van der Waals surface area contributed by atoms with E-state index >= 15 is 0 Å². The number of carbonyl (C=O) groups is 1. The number of imidazole rings is 1. The highest BCUT2D eigenvalue weighted by molar-refractivity contribution is 5.95. The Labute approximate surface area is 163 Å². The normalized spacial score (nSPS) is 18.1. The quantitative estimate of drug-likeness (QED) is 0.755. The van der Waals surface area contributed by atoms with Gasteiger partial charge >= 0.3 is 0 Å². The molecule has 0 unspecified atom stereocenters. The Morgan fingerprint density at radius 1 is 1.14 bits per heavy atom. The van der Waals surface area contributed by atoms with Gasteiger partial charge in [-0.3, -0.25) is 9.69 Å². The van der Waals surface area contributed by atoms with Gasteiger partial charge in [0, 0.05) is 37.3 Å². The number of pyridine rings is 1. The van der Waals surface area contributed by atoms with Crippen molar-refractivity contribution in [3.63, 3.8) is 0 Å². The molecule has 144 valence electrons. The number of aryl methyl sites for hydroxylation is 1. The van der Waals surface area contributed by atoms with Crippen LogP contribution in [0.5, 0.6) is 0 Å². The summed E-state index contributed by atoms with van der Waals surface area (Å²) in [6.07, 6.45) is 3.69. The van der Waals surface area contributed by atoms with Crippen LogP contribution in [0.4, 0.5) is 5.82 Å². The number of carbonyl (C=O) groups excluding carboxylic acids is 1. The van der Waals surface area contributed by atoms with E-state index in [1.54, 1.807) is 0 Å². The molecule has 3 aromatic rings. The number of nitrogens with zero attached hydrogens (tertiary/aromatic N) is 4. The third kappa shape index (κ3) is 2.96. The molecule has 0 atom stereocenters. The maximum atomic E-state index is 12.5. The van der Waals surface area contributed by atoms with Crippen molar-refractivity contribution in [1.29, 1.82) is 0 Å². The number of benzene rings is 1. The van der Waals surface area contributed by atoms with Crippen molar-refractivity contribution in [2.24, 2.45) is 13.0 Å². The summed E-state index contributed by atoms with van der Waals surface area (Å²) in [6.45, 7) is 5.18. The Morgan fingerprint density at radius 2 is 1.96 bits per heavy atom. The summed E-state index contributed by atoms with van der Waals surface area (Å²) in [6, 6.07) is 8.68. The average molecular weight is 377 g/mol. The fraction of sp³-hybridized carbons (Fsp3) is 0.381. The molecular weight excluding hydrogens is 354 g/mol. The van der Waals surface area contributed by atoms with Crippen LogP contribution in [-0.4, -0.2) is 57.7 Å². The zero-order chi connectivity index (χ0) is 19.3. The topological polar surface area (TPSA) is 72.3 Å². The average Bonchev–Trinajstić information content (AvgIpc) is 2.94. The van der Waals surface area contributed by atoms with Gasteiger partial charge in [-0.2, -0.15) is 0 Å². The zero-order valence-electron chi connectivity index (χ0n) is 16.1. The van der Waals surface area contributed by atoms with E-state index in [0.717, 1.165) is 54.2 Å². The molecule has 28 heavy (non-hydrogen) atoms. The Balaban J connectivity index is 1.32. The highest BCUT2D eigenvalue weighted by atomic mass is 16.5. The van der Waals surface area contributed by atoms with E-state index in [1.165, 1.54) is 0 Å². The van der Waals surface area contributed by atoms with Gasteiger partial charge in [0.2, 0.25) is 5.91 Å². The number of likely N-dealkylation sites (tertiary alicyclic amines) is 1. The van der Waals surface area contributed by atoms with E-state index in [1.807, 2.05) is 32.4 Å². The predicted octanol–water partition coefficient (Wildman–Crippen LogP) is 2.21. The molecule has 2 aliphatic rings. The van der Waals surface area contributed by atoms with Crippen LogP contribution in [0.2, 0.25) is 0 Å². The second-order valence-corrected chi connectivity index (χ2v) is 7.71. The molecule has 1 aromatic carbocycles. The SMILES string of the molecule is Cc1ncc(-c2ccc3cnc(NC(=O)C4CN(C5COC5)C4)cc3c2)n1C. The highest BCUT2D eigenvalue weighted by Gasteiger charge is 2.39. The van der Waals surface area contributed by atoms with Crippen molar-refractivity contribution in [1.82, 2.24) is 19.4 Å². The van der Waals surface area contributed by atoms with Gasteiger partial charge in [-0.25, -0.2) is 9.97 Å². The summed E-state index contributed by atoms with van der Waals surface area (Å²) in [7, 11) is 2.01. The van der Waals surface area contributed by atoms with Gasteiger partial charge in [-0.15, -0.1) is 0 Å². The van der Waals surface area contributed by atoms with Crippen molar-refractivity contribution in [2.45, 2.75) is 13.0 Å². The molecule has 0 bridgehead atoms. The number of fused-ring (bicyclic) bond motifs is 1. The number of nitrogens with one attached hydrogen (secondary N) is 1. The summed E-state index contributed by atoms with van der Waals surface area (Å²) in [5.41, 5.74) is 2.16. The molecule has 5 rings (SSSR count). The second kappa shape index (κ2) is 6.68. The molecule has 0 saturated carbocycles. The summed E-state index contributed by atoms with van der Waals surface area (Å²) in [5.74, 6) is 1.64. The Kier molecular flexibility index (Phi) is 4.14. The minimum absolute atomic E-state index is 0.0295. The number of amides is 1. The van der Waals surface area contributed by atoms with Crippen molar-refractivity contribution in [2.75, 3.05) is 31.6 Å². The number of aromatic nitrogens is 3. The van der Waals surface area contributed by atoms with E-state index in [0.29, 0.717) is 11.9 Å². The van der Waals surface area contributed by atoms with Gasteiger partial charge in [-0.1, -0.05) is 12.1 Å². The Hall–Kier alpha value is -2.77. The number of anilines is 1. The molecule has 1 amide bonds. The first kappa shape index (κ1) is 17.3. The molecule has 2 aliphatic heterocycles. The fourth-order valence-electron chi connectivity index (χ4n) is 3.78. The van der Waals surface area contributed by atoms with Gasteiger partial charge in [-0.05, 0) is 24.4 Å². The minimum Gasteiger partial charge on any atom is -0.378 e. The number of hydrogen-bond acceptors (Lipinski definition) is 5. The molecule has 7 nitrogen and oxygen atoms in total. The maximum absolute atomic E-state index is 12.5. The summed E-state index contributed by atoms with van der Waals surface area (Å²) >= 11 is 0. The molecule has 1 N–H and O–H groups in total. The second-order valence-electron chi connectivity index (χ2n) is 7.71. The molecular formula is C21H23N5O2. The smallest absolute Gasteiger partial charge is 0.231 e. The Morgan fingerprint density at radius 3 is 2.64 bits per heavy atom. The zero-order valence-corrected chi connectivity index (χ0v) is 16.1. The number of hydrogen-bond donors (Lipinski definition) is 1. The Bertz CT molecular complexity index is 1050. The first-order chi connectivity index (χ1) is 13.6. The first-order valence-electron chi connectivity index (χ1n) is 9.59. The van der Waals surface area contributed by atoms with Crippen LogP contribution in [0, 0.1) is 12.8 Å². The maximum Gasteiger partial charge on any atom is 0.231 e. The van der Waals surface area contributed by atoms with E-state index in [9.17, 15) is 4.79 Å². The molecule has 2 aromatic heterocycles. The summed E-state index contributed by atoms with van der Waals surface area (Å²) < 4.78 is 7.29. The molecule has 2 saturated heterocycles. The van der Waals surface area contributed by atoms with Crippen LogP contribution < -0.4 is 5.32 Å². The van der Waals surface area contributed by atoms with Crippen molar-refractivity contribution in [3.05, 3.63) is 42.5 Å².